The highest BCUT2D eigenvalue weighted by atomic mass is 127. The van der Waals surface area contributed by atoms with Crippen LogP contribution < -0.4 is 50.2 Å². The second-order valence-electron chi connectivity index (χ2n) is 12.7. The number of urea groups is 1. The summed E-state index contributed by atoms with van der Waals surface area (Å²) in [6.07, 6.45) is 3.66. The number of aromatic nitrogens is 2. The molecule has 4 heterocycles. The Morgan fingerprint density at radius 2 is 1.57 bits per heavy atom. The first-order valence-electron chi connectivity index (χ1n) is 17.6. The number of rotatable bonds is 13. The summed E-state index contributed by atoms with van der Waals surface area (Å²) in [7, 11) is 2.84. The monoisotopic (exact) mass is 948 g/mol. The highest BCUT2D eigenvalue weighted by molar-refractivity contribution is 8.01. The molecule has 0 unspecified atom stereocenters. The number of pyridine rings is 1. The highest BCUT2D eigenvalue weighted by Gasteiger charge is 2.46. The van der Waals surface area contributed by atoms with Crippen molar-refractivity contribution in [1.82, 2.24) is 15.4 Å². The fourth-order valence-electron chi connectivity index (χ4n) is 6.43. The van der Waals surface area contributed by atoms with Crippen LogP contribution in [0.1, 0.15) is 28.8 Å². The molecule has 1 saturated heterocycles. The number of anilines is 1. The molecule has 58 heavy (non-hydrogen) atoms. The lowest BCUT2D eigenvalue weighted by atomic mass is 9.77. The summed E-state index contributed by atoms with van der Waals surface area (Å²) in [4.78, 5) is 69.0. The predicted octanol–water partition coefficient (Wildman–Crippen LogP) is 1.76. The molecule has 1 fully saturated rings. The van der Waals surface area contributed by atoms with E-state index in [2.05, 4.69) is 16.0 Å². The van der Waals surface area contributed by atoms with Gasteiger partial charge < -0.3 is 44.7 Å². The molecule has 7 rings (SSSR count). The molecular formula is C40H37IN8O6S3. The van der Waals surface area contributed by atoms with Gasteiger partial charge in [-0.05, 0) is 22.3 Å². The first kappa shape index (κ1) is 42.2. The van der Waals surface area contributed by atoms with Crippen LogP contribution in [0, 0.1) is 0 Å². The third-order valence-corrected chi connectivity index (χ3v) is 12.4. The number of carbonyl (C=O) groups is 4. The summed E-state index contributed by atoms with van der Waals surface area (Å²) in [5.41, 5.74) is 10.3. The van der Waals surface area contributed by atoms with Crippen LogP contribution in [0.25, 0.3) is 0 Å². The van der Waals surface area contributed by atoms with Crippen molar-refractivity contribution in [3.05, 3.63) is 155 Å². The zero-order valence-electron chi connectivity index (χ0n) is 31.1. The minimum Gasteiger partial charge on any atom is -1.00 e. The molecule has 0 saturated carbocycles. The summed E-state index contributed by atoms with van der Waals surface area (Å²) < 4.78 is 1.54. The largest absolute Gasteiger partial charge is 1.00 e. The van der Waals surface area contributed by atoms with Gasteiger partial charge in [0.05, 0.1) is 18.8 Å². The number of β-lactam (4-membered cyclic amide) rings is 1. The maximum Gasteiger partial charge on any atom is 0.379 e. The number of carbonyl (C=O) groups excluding carboxylic acids is 4. The number of oxime groups is 1. The molecule has 298 valence electrons. The maximum atomic E-state index is 13.7. The smallest absolute Gasteiger partial charge is 0.379 e. The molecule has 14 nitrogen and oxygen atoms in total. The van der Waals surface area contributed by atoms with Gasteiger partial charge in [-0.25, -0.2) is 14.6 Å². The van der Waals surface area contributed by atoms with Gasteiger partial charge in [-0.2, -0.15) is 5.48 Å². The first-order chi connectivity index (χ1) is 27.7. The molecule has 0 bridgehead atoms. The van der Waals surface area contributed by atoms with Crippen LogP contribution in [-0.2, 0) is 29.6 Å². The number of nitrogens with one attached hydrogen (secondary N) is 2. The van der Waals surface area contributed by atoms with Crippen LogP contribution in [0.15, 0.2) is 142 Å². The van der Waals surface area contributed by atoms with Crippen molar-refractivity contribution in [3.63, 3.8) is 0 Å². The summed E-state index contributed by atoms with van der Waals surface area (Å²) in [5.74, 6) is -1.14. The normalized spacial score (nSPS) is 15.0. The van der Waals surface area contributed by atoms with Gasteiger partial charge in [0, 0.05) is 33.9 Å². The van der Waals surface area contributed by atoms with E-state index >= 15 is 0 Å². The van der Waals surface area contributed by atoms with E-state index in [1.807, 2.05) is 91.0 Å². The molecule has 5 aromatic rings. The fraction of sp³-hybridized carbons (Fsp3) is 0.175. The lowest BCUT2D eigenvalue weighted by molar-refractivity contribution is -0.679. The number of primary amides is 1. The molecule has 2 aliphatic rings. The molecule has 3 aromatic carbocycles. The van der Waals surface area contributed by atoms with Gasteiger partial charge in [0.25, 0.3) is 0 Å². The summed E-state index contributed by atoms with van der Waals surface area (Å²) >= 11 is 4.26. The molecule has 2 aliphatic heterocycles. The lowest BCUT2D eigenvalue weighted by Crippen LogP contribution is -3.00. The number of thioether (sulfide) groups is 2. The van der Waals surface area contributed by atoms with Crippen molar-refractivity contribution in [3.8, 4) is 0 Å². The van der Waals surface area contributed by atoms with Gasteiger partial charge in [0.2, 0.25) is 18.3 Å². The fourth-order valence-corrected chi connectivity index (χ4v) is 9.47. The molecule has 4 amide bonds. The quantitative estimate of drug-likeness (QED) is 0.0301. The summed E-state index contributed by atoms with van der Waals surface area (Å²) in [6.45, 7) is 0. The third-order valence-electron chi connectivity index (χ3n) is 9.28. The number of hydroxylamine groups is 1. The predicted molar refractivity (Wildman–Crippen MR) is 219 cm³/mol. The molecular weight excluding hydrogens is 912 g/mol. The molecule has 2 aromatic heterocycles. The van der Waals surface area contributed by atoms with Crippen LogP contribution in [-0.4, -0.2) is 70.4 Å². The van der Waals surface area contributed by atoms with Crippen LogP contribution >= 0.6 is 34.9 Å². The number of nitrogens with zero attached hydrogens (tertiary/aromatic N) is 5. The summed E-state index contributed by atoms with van der Waals surface area (Å²) in [5, 5.41) is 10.8. The molecule has 0 radical (unpaired) electrons. The second kappa shape index (κ2) is 18.9. The highest BCUT2D eigenvalue weighted by Crippen LogP contribution is 2.42. The number of hydrogen-bond acceptors (Lipinski definition) is 12. The van der Waals surface area contributed by atoms with Crippen molar-refractivity contribution in [2.75, 3.05) is 36.0 Å². The number of nitrogens with two attached hydrogens (primary N) is 1. The van der Waals surface area contributed by atoms with E-state index in [9.17, 15) is 19.2 Å². The minimum absolute atomic E-state index is 0. The number of amides is 4. The van der Waals surface area contributed by atoms with Crippen LogP contribution in [0.3, 0.4) is 0 Å². The Labute approximate surface area is 363 Å². The Kier molecular flexibility index (Phi) is 13.7. The standard InChI is InChI=1S/C40H36N8O6S3.HI/c1-46(38(41)52)47-20-18-30(19-21-47)55-23-26-24-56-33-22-32(49)48(33)35(26)37(51)54-45-36(50)34(44-53-2)31-25-57-39(42-31)43-40(27-12-6-3-7-13-27,28-14-8-4-9-15-28)29-16-10-5-11-17-29;/h3-21,25,33H,22-24H2,1-2H3,(H3-,41,42,43,45,50,52);1H/b44-34-;/t33-;/m0./s1. The van der Waals surface area contributed by atoms with Crippen LogP contribution in [0.5, 0.6) is 0 Å². The molecule has 0 aliphatic carbocycles. The molecule has 4 N–H and O–H groups in total. The topological polar surface area (TPSA) is 172 Å². The number of benzene rings is 3. The Balaban J connectivity index is 0.00000567. The van der Waals surface area contributed by atoms with E-state index in [1.54, 1.807) is 48.7 Å². The zero-order chi connectivity index (χ0) is 39.9. The number of thiazole rings is 1. The van der Waals surface area contributed by atoms with Crippen molar-refractivity contribution in [2.24, 2.45) is 10.9 Å². The minimum atomic E-state index is -0.887. The van der Waals surface area contributed by atoms with Gasteiger partial charge in [-0.3, -0.25) is 14.5 Å². The van der Waals surface area contributed by atoms with Gasteiger partial charge in [0.15, 0.2) is 10.8 Å². The number of fused-ring (bicyclic) bond motifs is 1. The molecule has 0 spiro atoms. The van der Waals surface area contributed by atoms with Gasteiger partial charge >= 0.3 is 17.9 Å². The van der Waals surface area contributed by atoms with E-state index in [1.165, 1.54) is 44.8 Å². The van der Waals surface area contributed by atoms with E-state index < -0.39 is 23.4 Å². The van der Waals surface area contributed by atoms with E-state index in [-0.39, 0.29) is 52.4 Å². The van der Waals surface area contributed by atoms with E-state index in [0.717, 1.165) is 21.6 Å². The Morgan fingerprint density at radius 1 is 0.983 bits per heavy atom. The Morgan fingerprint density at radius 3 is 2.10 bits per heavy atom. The lowest BCUT2D eigenvalue weighted by Gasteiger charge is -2.44. The van der Waals surface area contributed by atoms with E-state index in [0.29, 0.717) is 28.6 Å². The van der Waals surface area contributed by atoms with E-state index in [4.69, 9.17) is 20.4 Å². The Bertz CT molecular complexity index is 2240. The van der Waals surface area contributed by atoms with Gasteiger partial charge in [0.1, 0.15) is 24.0 Å². The van der Waals surface area contributed by atoms with Crippen LogP contribution in [0.4, 0.5) is 9.93 Å². The average Bonchev–Trinajstić information content (AvgIpc) is 3.71. The van der Waals surface area contributed by atoms with Crippen molar-refractivity contribution in [2.45, 2.75) is 22.2 Å². The molecule has 1 atom stereocenters. The van der Waals surface area contributed by atoms with Crippen LogP contribution in [0.2, 0.25) is 0 Å². The SMILES string of the molecule is CO/N=C(\C(=O)NOC(=O)C1=C(CSc2cc[n+](N(C)C(N)=O)cc2)CS[C@H]2CC(=O)N12)c1csc(NC(c2ccccc2)(c2ccccc2)c2ccccc2)n1.[I-]. The van der Waals surface area contributed by atoms with Crippen molar-refractivity contribution < 1.29 is 57.5 Å². The Hall–Kier alpha value is -5.44. The zero-order valence-corrected chi connectivity index (χ0v) is 35.7. The van der Waals surface area contributed by atoms with Gasteiger partial charge in [-0.15, -0.1) is 34.9 Å². The van der Waals surface area contributed by atoms with Crippen molar-refractivity contribution >= 4 is 69.5 Å². The number of hydrogen-bond donors (Lipinski definition) is 3. The maximum absolute atomic E-state index is 13.7. The average molecular weight is 949 g/mol. The van der Waals surface area contributed by atoms with Crippen molar-refractivity contribution in [1.29, 1.82) is 0 Å². The van der Waals surface area contributed by atoms with Gasteiger partial charge in [-0.1, -0.05) is 106 Å². The second-order valence-corrected chi connectivity index (χ2v) is 15.8. The molecule has 18 heteroatoms. The first-order valence-corrected chi connectivity index (χ1v) is 20.5. The summed E-state index contributed by atoms with van der Waals surface area (Å²) in [6, 6.07) is 33.0. The third kappa shape index (κ3) is 8.83. The number of halogens is 1.